The number of hydrazine groups is 1. The van der Waals surface area contributed by atoms with Crippen molar-refractivity contribution in [2.45, 2.75) is 0 Å². The lowest BCUT2D eigenvalue weighted by molar-refractivity contribution is 0.100. The van der Waals surface area contributed by atoms with Crippen molar-refractivity contribution in [1.29, 1.82) is 0 Å². The van der Waals surface area contributed by atoms with Gasteiger partial charge in [-0.3, -0.25) is 9.89 Å². The van der Waals surface area contributed by atoms with Crippen molar-refractivity contribution in [2.24, 2.45) is 11.6 Å². The molecule has 0 unspecified atom stereocenters. The lowest BCUT2D eigenvalue weighted by atomic mass is 10.3. The number of nitrogens with zero attached hydrogens (tertiary/aromatic N) is 1. The van der Waals surface area contributed by atoms with Gasteiger partial charge < -0.3 is 11.2 Å². The molecule has 0 aliphatic rings. The molecule has 6 N–H and O–H groups in total. The summed E-state index contributed by atoms with van der Waals surface area (Å²) in [5.41, 5.74) is 7.43. The molecule has 0 radical (unpaired) electrons. The predicted molar refractivity (Wildman–Crippen MR) is 34.9 cm³/mol. The van der Waals surface area contributed by atoms with Gasteiger partial charge in [0.15, 0.2) is 0 Å². The van der Waals surface area contributed by atoms with Crippen LogP contribution in [0.1, 0.15) is 10.4 Å². The first-order valence-corrected chi connectivity index (χ1v) is 2.55. The molecular formula is C4H7N5O. The lowest BCUT2D eigenvalue weighted by Gasteiger charge is -1.94. The molecule has 0 saturated carbocycles. The van der Waals surface area contributed by atoms with Crippen LogP contribution in [0.3, 0.4) is 0 Å². The number of H-pyrrole nitrogens is 1. The number of nitrogens with two attached hydrogens (primary N) is 2. The van der Waals surface area contributed by atoms with Gasteiger partial charge >= 0.3 is 0 Å². The third-order valence-electron chi connectivity index (χ3n) is 1.05. The number of aromatic nitrogens is 2. The molecule has 6 nitrogen and oxygen atoms in total. The number of carbonyl (C=O) groups is 1. The van der Waals surface area contributed by atoms with Gasteiger partial charge in [0.05, 0.1) is 6.20 Å². The predicted octanol–water partition coefficient (Wildman–Crippen LogP) is -1.21. The molecule has 0 spiro atoms. The van der Waals surface area contributed by atoms with Gasteiger partial charge in [-0.2, -0.15) is 5.10 Å². The first kappa shape index (κ1) is 6.56. The minimum absolute atomic E-state index is 0.252. The molecule has 1 amide bonds. The summed E-state index contributed by atoms with van der Waals surface area (Å²) < 4.78 is 0. The first-order chi connectivity index (χ1) is 4.75. The van der Waals surface area contributed by atoms with E-state index in [9.17, 15) is 4.79 Å². The smallest absolute Gasteiger partial charge is 0.254 e. The molecule has 0 aliphatic carbocycles. The van der Waals surface area contributed by atoms with Crippen LogP contribution in [0, 0.1) is 0 Å². The minimum Gasteiger partial charge on any atom is -0.365 e. The second-order valence-corrected chi connectivity index (χ2v) is 1.67. The standard InChI is InChI=1S/C4H7N5O/c5-3(10)2-1-7-9-4(2)8-6/h1H,6H2,(H2,5,10)(H2,7,8,9). The van der Waals surface area contributed by atoms with E-state index in [1.165, 1.54) is 6.20 Å². The molecule has 54 valence electrons. The molecule has 0 bridgehead atoms. The molecule has 1 aromatic heterocycles. The van der Waals surface area contributed by atoms with Crippen molar-refractivity contribution < 1.29 is 4.79 Å². The Morgan fingerprint density at radius 3 is 2.90 bits per heavy atom. The Bertz CT molecular complexity index is 242. The Labute approximate surface area is 56.6 Å². The van der Waals surface area contributed by atoms with E-state index in [4.69, 9.17) is 11.6 Å². The third kappa shape index (κ3) is 0.914. The third-order valence-corrected chi connectivity index (χ3v) is 1.05. The first-order valence-electron chi connectivity index (χ1n) is 2.55. The van der Waals surface area contributed by atoms with Crippen molar-refractivity contribution >= 4 is 11.7 Å². The Morgan fingerprint density at radius 2 is 2.50 bits per heavy atom. The van der Waals surface area contributed by atoms with E-state index < -0.39 is 5.91 Å². The van der Waals surface area contributed by atoms with Crippen LogP contribution in [-0.4, -0.2) is 16.1 Å². The maximum Gasteiger partial charge on any atom is 0.254 e. The lowest BCUT2D eigenvalue weighted by Crippen LogP contribution is -2.15. The zero-order valence-corrected chi connectivity index (χ0v) is 5.09. The van der Waals surface area contributed by atoms with Gasteiger partial charge in [0.1, 0.15) is 11.4 Å². The quantitative estimate of drug-likeness (QED) is 0.306. The van der Waals surface area contributed by atoms with Crippen LogP contribution in [-0.2, 0) is 0 Å². The molecule has 0 aromatic carbocycles. The van der Waals surface area contributed by atoms with Gasteiger partial charge in [0.2, 0.25) is 0 Å². The maximum atomic E-state index is 10.5. The highest BCUT2D eigenvalue weighted by molar-refractivity contribution is 5.97. The Hall–Kier alpha value is -1.56. The molecule has 0 fully saturated rings. The van der Waals surface area contributed by atoms with E-state index in [0.29, 0.717) is 5.82 Å². The monoisotopic (exact) mass is 141 g/mol. The number of nitrogens with one attached hydrogen (secondary N) is 2. The van der Waals surface area contributed by atoms with Gasteiger partial charge in [-0.05, 0) is 0 Å². The van der Waals surface area contributed by atoms with Crippen LogP contribution in [0.5, 0.6) is 0 Å². The van der Waals surface area contributed by atoms with Crippen molar-refractivity contribution in [3.63, 3.8) is 0 Å². The zero-order valence-electron chi connectivity index (χ0n) is 5.09. The summed E-state index contributed by atoms with van der Waals surface area (Å²) in [4.78, 5) is 10.5. The van der Waals surface area contributed by atoms with Crippen molar-refractivity contribution in [2.75, 3.05) is 5.43 Å². The summed E-state index contributed by atoms with van der Waals surface area (Å²) in [7, 11) is 0. The summed E-state index contributed by atoms with van der Waals surface area (Å²) in [6.07, 6.45) is 1.30. The van der Waals surface area contributed by atoms with Crippen LogP contribution in [0.2, 0.25) is 0 Å². The summed E-state index contributed by atoms with van der Waals surface area (Å²) in [5, 5.41) is 6.00. The number of primary amides is 1. The molecule has 0 saturated heterocycles. The average Bonchev–Trinajstić information content (AvgIpc) is 2.33. The summed E-state index contributed by atoms with van der Waals surface area (Å²) in [6, 6.07) is 0. The fraction of sp³-hybridized carbons (Fsp3) is 0. The van der Waals surface area contributed by atoms with Crippen LogP contribution in [0.15, 0.2) is 6.20 Å². The van der Waals surface area contributed by atoms with Crippen LogP contribution in [0.25, 0.3) is 0 Å². The van der Waals surface area contributed by atoms with E-state index in [1.807, 2.05) is 0 Å². The molecule has 0 aliphatic heterocycles. The Morgan fingerprint density at radius 1 is 1.80 bits per heavy atom. The second-order valence-electron chi connectivity index (χ2n) is 1.67. The average molecular weight is 141 g/mol. The summed E-state index contributed by atoms with van der Waals surface area (Å²) >= 11 is 0. The van der Waals surface area contributed by atoms with Crippen molar-refractivity contribution in [3.8, 4) is 0 Å². The van der Waals surface area contributed by atoms with Crippen molar-refractivity contribution in [1.82, 2.24) is 10.2 Å². The molecule has 1 aromatic rings. The Balaban J connectivity index is 3.01. The normalized spacial score (nSPS) is 9.30. The van der Waals surface area contributed by atoms with E-state index in [0.717, 1.165) is 0 Å². The fourth-order valence-electron chi connectivity index (χ4n) is 0.583. The number of hydrogen-bond donors (Lipinski definition) is 4. The van der Waals surface area contributed by atoms with E-state index in [1.54, 1.807) is 0 Å². The summed E-state index contributed by atoms with van der Waals surface area (Å²) in [6.45, 7) is 0. The number of carbonyl (C=O) groups excluding carboxylic acids is 1. The van der Waals surface area contributed by atoms with Crippen LogP contribution >= 0.6 is 0 Å². The van der Waals surface area contributed by atoms with Gasteiger partial charge in [-0.1, -0.05) is 0 Å². The number of aromatic amines is 1. The van der Waals surface area contributed by atoms with Gasteiger partial charge in [0.25, 0.3) is 5.91 Å². The van der Waals surface area contributed by atoms with E-state index in [2.05, 4.69) is 15.6 Å². The molecule has 0 atom stereocenters. The zero-order chi connectivity index (χ0) is 7.56. The fourth-order valence-corrected chi connectivity index (χ4v) is 0.583. The molecule has 1 heterocycles. The Kier molecular flexibility index (Phi) is 1.55. The second kappa shape index (κ2) is 2.36. The number of nitrogen functional groups attached to an aromatic ring is 1. The van der Waals surface area contributed by atoms with Gasteiger partial charge in [-0.15, -0.1) is 0 Å². The van der Waals surface area contributed by atoms with Gasteiger partial charge in [-0.25, -0.2) is 5.84 Å². The SMILES string of the molecule is NNc1[nH]ncc1C(N)=O. The topological polar surface area (TPSA) is 110 Å². The maximum absolute atomic E-state index is 10.5. The molecule has 10 heavy (non-hydrogen) atoms. The van der Waals surface area contributed by atoms with Crippen LogP contribution < -0.4 is 17.0 Å². The summed E-state index contributed by atoms with van der Waals surface area (Å²) in [5.74, 6) is 4.76. The number of amides is 1. The number of hydrogen-bond acceptors (Lipinski definition) is 4. The van der Waals surface area contributed by atoms with Crippen LogP contribution in [0.4, 0.5) is 5.82 Å². The molecule has 1 rings (SSSR count). The highest BCUT2D eigenvalue weighted by atomic mass is 16.1. The largest absolute Gasteiger partial charge is 0.365 e. The molecule has 6 heteroatoms. The van der Waals surface area contributed by atoms with E-state index >= 15 is 0 Å². The van der Waals surface area contributed by atoms with E-state index in [-0.39, 0.29) is 5.56 Å². The number of anilines is 1. The molecular weight excluding hydrogens is 134 g/mol. The van der Waals surface area contributed by atoms with Gasteiger partial charge in [0, 0.05) is 0 Å². The van der Waals surface area contributed by atoms with Crippen molar-refractivity contribution in [3.05, 3.63) is 11.8 Å². The number of rotatable bonds is 2. The highest BCUT2D eigenvalue weighted by Crippen LogP contribution is 2.06. The minimum atomic E-state index is -0.568. The highest BCUT2D eigenvalue weighted by Gasteiger charge is 2.07.